The van der Waals surface area contributed by atoms with Crippen molar-refractivity contribution in [3.8, 4) is 28.5 Å². The third-order valence-corrected chi connectivity index (χ3v) is 7.93. The van der Waals surface area contributed by atoms with Gasteiger partial charge in [-0.15, -0.1) is 0 Å². The summed E-state index contributed by atoms with van der Waals surface area (Å²) < 4.78 is 1.92. The van der Waals surface area contributed by atoms with Crippen molar-refractivity contribution in [2.75, 3.05) is 16.8 Å². The smallest absolute Gasteiger partial charge is 0.247 e. The molecule has 40 heavy (non-hydrogen) atoms. The molecule has 0 spiro atoms. The number of amides is 2. The Morgan fingerprint density at radius 2 is 1.98 bits per heavy atom. The van der Waals surface area contributed by atoms with Crippen LogP contribution in [0.25, 0.3) is 22.4 Å². The summed E-state index contributed by atoms with van der Waals surface area (Å²) in [5.41, 5.74) is 4.81. The molecule has 200 valence electrons. The summed E-state index contributed by atoms with van der Waals surface area (Å²) in [6, 6.07) is 22.1. The molecule has 2 fully saturated rings. The minimum Gasteiger partial charge on any atom is -0.326 e. The lowest BCUT2D eigenvalue weighted by Gasteiger charge is -2.22. The SMILES string of the molecule is CC(=O)Nc1cccc(-c2cnn(CCc3ccccc3)c2)c1-c1cc(N2CC[C@@](C#N)(C3CC3)C2=O)ccn1. The van der Waals surface area contributed by atoms with E-state index in [1.165, 1.54) is 12.5 Å². The fraction of sp³-hybridized carbons (Fsp3) is 0.281. The first-order chi connectivity index (χ1) is 19.5. The van der Waals surface area contributed by atoms with E-state index in [1.807, 2.05) is 65.6 Å². The predicted octanol–water partition coefficient (Wildman–Crippen LogP) is 5.47. The lowest BCUT2D eigenvalue weighted by atomic mass is 9.83. The molecule has 8 heteroatoms. The van der Waals surface area contributed by atoms with E-state index in [9.17, 15) is 14.9 Å². The summed E-state index contributed by atoms with van der Waals surface area (Å²) in [7, 11) is 0. The van der Waals surface area contributed by atoms with Gasteiger partial charge in [-0.05, 0) is 60.9 Å². The molecule has 1 N–H and O–H groups in total. The second-order valence-electron chi connectivity index (χ2n) is 10.6. The highest BCUT2D eigenvalue weighted by Gasteiger charge is 2.56. The molecule has 2 aliphatic rings. The van der Waals surface area contributed by atoms with Crippen molar-refractivity contribution in [1.82, 2.24) is 14.8 Å². The standard InChI is InChI=1S/C32H30N6O2/c1-22(39)36-28-9-5-8-27(24-19-35-37(20-24)16-13-23-6-3-2-4-7-23)30(28)29-18-26(12-15-34-29)38-17-14-32(21-33,31(38)40)25-10-11-25/h2-9,12,15,18-20,25H,10-11,13-14,16-17H2,1H3,(H,36,39)/t32-/m1/s1. The lowest BCUT2D eigenvalue weighted by Crippen LogP contribution is -2.35. The van der Waals surface area contributed by atoms with Crippen molar-refractivity contribution in [3.63, 3.8) is 0 Å². The lowest BCUT2D eigenvalue weighted by molar-refractivity contribution is -0.123. The highest BCUT2D eigenvalue weighted by atomic mass is 16.2. The molecule has 0 unspecified atom stereocenters. The largest absolute Gasteiger partial charge is 0.326 e. The molecular weight excluding hydrogens is 500 g/mol. The van der Waals surface area contributed by atoms with Gasteiger partial charge in [0, 0.05) is 49.2 Å². The molecule has 8 nitrogen and oxygen atoms in total. The van der Waals surface area contributed by atoms with Crippen molar-refractivity contribution in [2.24, 2.45) is 11.3 Å². The predicted molar refractivity (Wildman–Crippen MR) is 153 cm³/mol. The van der Waals surface area contributed by atoms with Crippen LogP contribution in [-0.4, -0.2) is 33.1 Å². The van der Waals surface area contributed by atoms with Crippen LogP contribution in [0, 0.1) is 22.7 Å². The Morgan fingerprint density at radius 1 is 1.15 bits per heavy atom. The summed E-state index contributed by atoms with van der Waals surface area (Å²) in [5.74, 6) is -0.155. The number of nitrogens with zero attached hydrogens (tertiary/aromatic N) is 5. The fourth-order valence-electron chi connectivity index (χ4n) is 5.73. The maximum absolute atomic E-state index is 13.5. The summed E-state index contributed by atoms with van der Waals surface area (Å²) >= 11 is 0. The molecule has 0 radical (unpaired) electrons. The fourth-order valence-corrected chi connectivity index (χ4v) is 5.73. The first-order valence-corrected chi connectivity index (χ1v) is 13.7. The van der Waals surface area contributed by atoms with Crippen LogP contribution in [0.5, 0.6) is 0 Å². The van der Waals surface area contributed by atoms with Gasteiger partial charge >= 0.3 is 0 Å². The number of carbonyl (C=O) groups is 2. The van der Waals surface area contributed by atoms with Crippen molar-refractivity contribution >= 4 is 23.2 Å². The molecule has 2 aromatic heterocycles. The Labute approximate surface area is 233 Å². The molecule has 1 aliphatic heterocycles. The van der Waals surface area contributed by atoms with Gasteiger partial charge in [-0.2, -0.15) is 10.4 Å². The number of pyridine rings is 1. The van der Waals surface area contributed by atoms with Crippen molar-refractivity contribution in [1.29, 1.82) is 5.26 Å². The van der Waals surface area contributed by atoms with Gasteiger partial charge in [0.25, 0.3) is 0 Å². The molecule has 1 saturated carbocycles. The van der Waals surface area contributed by atoms with E-state index in [0.717, 1.165) is 42.5 Å². The normalized spacial score (nSPS) is 18.5. The molecule has 1 saturated heterocycles. The maximum Gasteiger partial charge on any atom is 0.247 e. The second-order valence-corrected chi connectivity index (χ2v) is 10.6. The third-order valence-electron chi connectivity index (χ3n) is 7.93. The first kappa shape index (κ1) is 25.5. The highest BCUT2D eigenvalue weighted by Crippen LogP contribution is 2.52. The maximum atomic E-state index is 13.5. The van der Waals surface area contributed by atoms with Crippen LogP contribution in [0.3, 0.4) is 0 Å². The van der Waals surface area contributed by atoms with Gasteiger partial charge in [0.1, 0.15) is 5.41 Å². The average Bonchev–Trinajstić information content (AvgIpc) is 3.62. The Morgan fingerprint density at radius 3 is 2.73 bits per heavy atom. The van der Waals surface area contributed by atoms with Gasteiger partial charge in [-0.25, -0.2) is 0 Å². The molecule has 2 aromatic carbocycles. The monoisotopic (exact) mass is 530 g/mol. The molecular formula is C32H30N6O2. The van der Waals surface area contributed by atoms with Crippen molar-refractivity contribution in [3.05, 3.63) is 84.8 Å². The molecule has 0 bridgehead atoms. The molecule has 1 atom stereocenters. The van der Waals surface area contributed by atoms with Gasteiger partial charge in [-0.1, -0.05) is 42.5 Å². The molecule has 3 heterocycles. The van der Waals surface area contributed by atoms with E-state index >= 15 is 0 Å². The van der Waals surface area contributed by atoms with E-state index in [4.69, 9.17) is 0 Å². The quantitative estimate of drug-likeness (QED) is 0.325. The molecule has 4 aromatic rings. The minimum atomic E-state index is -0.920. The number of nitrogens with one attached hydrogen (secondary N) is 1. The van der Waals surface area contributed by atoms with Crippen LogP contribution < -0.4 is 10.2 Å². The number of hydrogen-bond donors (Lipinski definition) is 1. The zero-order valence-corrected chi connectivity index (χ0v) is 22.4. The van der Waals surface area contributed by atoms with E-state index in [2.05, 4.69) is 33.6 Å². The number of hydrogen-bond acceptors (Lipinski definition) is 5. The van der Waals surface area contributed by atoms with Crippen LogP contribution in [0.15, 0.2) is 79.3 Å². The van der Waals surface area contributed by atoms with Gasteiger partial charge in [-0.3, -0.25) is 19.3 Å². The van der Waals surface area contributed by atoms with Crippen LogP contribution in [-0.2, 0) is 22.6 Å². The van der Waals surface area contributed by atoms with Crippen molar-refractivity contribution in [2.45, 2.75) is 39.2 Å². The van der Waals surface area contributed by atoms with E-state index in [-0.39, 0.29) is 17.7 Å². The number of aromatic nitrogens is 3. The minimum absolute atomic E-state index is 0.121. The van der Waals surface area contributed by atoms with Crippen molar-refractivity contribution < 1.29 is 9.59 Å². The zero-order valence-electron chi connectivity index (χ0n) is 22.4. The number of anilines is 2. The number of aryl methyl sites for hydroxylation is 2. The van der Waals surface area contributed by atoms with Gasteiger partial charge < -0.3 is 10.2 Å². The number of carbonyl (C=O) groups excluding carboxylic acids is 2. The summed E-state index contributed by atoms with van der Waals surface area (Å²) in [6.07, 6.45) is 8.78. The summed E-state index contributed by atoms with van der Waals surface area (Å²) in [4.78, 5) is 32.0. The molecule has 1 aliphatic carbocycles. The van der Waals surface area contributed by atoms with Gasteiger partial charge in [0.2, 0.25) is 11.8 Å². The van der Waals surface area contributed by atoms with Crippen LogP contribution in [0.1, 0.15) is 31.7 Å². The third kappa shape index (κ3) is 4.75. The number of benzene rings is 2. The number of nitriles is 1. The van der Waals surface area contributed by atoms with Crippen LogP contribution in [0.4, 0.5) is 11.4 Å². The topological polar surface area (TPSA) is 104 Å². The highest BCUT2D eigenvalue weighted by molar-refractivity contribution is 6.03. The average molecular weight is 531 g/mol. The Bertz CT molecular complexity index is 1620. The second kappa shape index (κ2) is 10.4. The van der Waals surface area contributed by atoms with Gasteiger partial charge in [0.15, 0.2) is 0 Å². The first-order valence-electron chi connectivity index (χ1n) is 13.7. The van der Waals surface area contributed by atoms with Gasteiger partial charge in [0.05, 0.1) is 23.6 Å². The Hall–Kier alpha value is -4.77. The Kier molecular flexibility index (Phi) is 6.64. The molecule has 6 rings (SSSR count). The van der Waals surface area contributed by atoms with Crippen LogP contribution in [0.2, 0.25) is 0 Å². The molecule has 2 amide bonds. The van der Waals surface area contributed by atoms with E-state index in [0.29, 0.717) is 30.0 Å². The summed E-state index contributed by atoms with van der Waals surface area (Å²) in [6.45, 7) is 2.71. The van der Waals surface area contributed by atoms with Crippen LogP contribution >= 0.6 is 0 Å². The zero-order chi connectivity index (χ0) is 27.7. The van der Waals surface area contributed by atoms with E-state index in [1.54, 1.807) is 11.1 Å². The summed E-state index contributed by atoms with van der Waals surface area (Å²) in [5, 5.41) is 17.5. The number of rotatable bonds is 8. The Balaban J connectivity index is 1.35. The van der Waals surface area contributed by atoms with E-state index < -0.39 is 5.41 Å².